The van der Waals surface area contributed by atoms with Gasteiger partial charge >= 0.3 is 0 Å². The van der Waals surface area contributed by atoms with Gasteiger partial charge in [-0.25, -0.2) is 8.42 Å². The molecule has 0 saturated heterocycles. The van der Waals surface area contributed by atoms with Crippen molar-refractivity contribution in [2.45, 2.75) is 50.8 Å². The van der Waals surface area contributed by atoms with Crippen LogP contribution in [0.15, 0.2) is 0 Å². The predicted octanol–water partition coefficient (Wildman–Crippen LogP) is 1.59. The standard InChI is InChI=1S/C11H23NO2S/c1-5-6-9-7-10(9)12-8-11(2,3)15(4,13)14/h9-10,12H,5-8H2,1-4H3. The molecule has 90 valence electrons. The number of rotatable bonds is 6. The molecule has 3 nitrogen and oxygen atoms in total. The van der Waals surface area contributed by atoms with Crippen LogP contribution >= 0.6 is 0 Å². The third-order valence-electron chi connectivity index (χ3n) is 3.38. The van der Waals surface area contributed by atoms with Crippen LogP contribution in [0.1, 0.15) is 40.0 Å². The van der Waals surface area contributed by atoms with E-state index in [-0.39, 0.29) is 0 Å². The SMILES string of the molecule is CCCC1CC1NCC(C)(C)S(C)(=O)=O. The molecule has 0 amide bonds. The quantitative estimate of drug-likeness (QED) is 0.758. The summed E-state index contributed by atoms with van der Waals surface area (Å²) in [5.41, 5.74) is 0. The fourth-order valence-corrected chi connectivity index (χ4v) is 2.04. The molecule has 4 heteroatoms. The van der Waals surface area contributed by atoms with Crippen LogP contribution in [0.2, 0.25) is 0 Å². The van der Waals surface area contributed by atoms with Gasteiger partial charge < -0.3 is 5.32 Å². The Morgan fingerprint density at radius 2 is 2.00 bits per heavy atom. The molecule has 0 aliphatic heterocycles. The molecule has 0 bridgehead atoms. The van der Waals surface area contributed by atoms with E-state index in [2.05, 4.69) is 12.2 Å². The molecule has 2 unspecified atom stereocenters. The maximum Gasteiger partial charge on any atom is 0.153 e. The molecule has 1 aliphatic rings. The van der Waals surface area contributed by atoms with Gasteiger partial charge in [-0.05, 0) is 32.6 Å². The first-order chi connectivity index (χ1) is 6.78. The lowest BCUT2D eigenvalue weighted by molar-refractivity contribution is 0.507. The maximum atomic E-state index is 11.5. The Labute approximate surface area is 93.6 Å². The molecule has 1 N–H and O–H groups in total. The highest BCUT2D eigenvalue weighted by molar-refractivity contribution is 7.92. The molecule has 0 aromatic carbocycles. The van der Waals surface area contributed by atoms with Crippen molar-refractivity contribution >= 4 is 9.84 Å². The fourth-order valence-electron chi connectivity index (χ4n) is 1.70. The van der Waals surface area contributed by atoms with E-state index in [0.717, 1.165) is 5.92 Å². The van der Waals surface area contributed by atoms with Gasteiger partial charge in [-0.2, -0.15) is 0 Å². The lowest BCUT2D eigenvalue weighted by atomic mass is 10.2. The molecule has 0 spiro atoms. The molecule has 0 aromatic heterocycles. The topological polar surface area (TPSA) is 46.2 Å². The summed E-state index contributed by atoms with van der Waals surface area (Å²) < 4.78 is 22.3. The Morgan fingerprint density at radius 3 is 2.47 bits per heavy atom. The van der Waals surface area contributed by atoms with Crippen molar-refractivity contribution < 1.29 is 8.42 Å². The van der Waals surface area contributed by atoms with E-state index in [1.165, 1.54) is 25.5 Å². The zero-order valence-electron chi connectivity index (χ0n) is 10.2. The second-order valence-electron chi connectivity index (χ2n) is 5.30. The number of sulfone groups is 1. The molecule has 0 aromatic rings. The second kappa shape index (κ2) is 4.42. The average Bonchev–Trinajstić information content (AvgIpc) is 2.79. The fraction of sp³-hybridized carbons (Fsp3) is 1.00. The average molecular weight is 233 g/mol. The van der Waals surface area contributed by atoms with Crippen LogP contribution in [0.4, 0.5) is 0 Å². The van der Waals surface area contributed by atoms with E-state index >= 15 is 0 Å². The summed E-state index contributed by atoms with van der Waals surface area (Å²) >= 11 is 0. The summed E-state index contributed by atoms with van der Waals surface area (Å²) in [6.45, 7) is 6.33. The Morgan fingerprint density at radius 1 is 1.40 bits per heavy atom. The van der Waals surface area contributed by atoms with Crippen LogP contribution in [0.25, 0.3) is 0 Å². The molecule has 1 saturated carbocycles. The van der Waals surface area contributed by atoms with Crippen molar-refractivity contribution in [1.29, 1.82) is 0 Å². The first-order valence-electron chi connectivity index (χ1n) is 5.71. The van der Waals surface area contributed by atoms with Crippen molar-refractivity contribution in [3.63, 3.8) is 0 Å². The van der Waals surface area contributed by atoms with Crippen LogP contribution in [-0.2, 0) is 9.84 Å². The first kappa shape index (κ1) is 13.0. The van der Waals surface area contributed by atoms with Gasteiger partial charge in [-0.15, -0.1) is 0 Å². The van der Waals surface area contributed by atoms with E-state index in [0.29, 0.717) is 12.6 Å². The molecular weight excluding hydrogens is 210 g/mol. The predicted molar refractivity (Wildman–Crippen MR) is 63.7 cm³/mol. The van der Waals surface area contributed by atoms with E-state index in [9.17, 15) is 8.42 Å². The van der Waals surface area contributed by atoms with E-state index in [4.69, 9.17) is 0 Å². The summed E-state index contributed by atoms with van der Waals surface area (Å²) in [7, 11) is -2.96. The highest BCUT2D eigenvalue weighted by Gasteiger charge is 2.38. The van der Waals surface area contributed by atoms with Crippen molar-refractivity contribution in [2.24, 2.45) is 5.92 Å². The lowest BCUT2D eigenvalue weighted by Crippen LogP contribution is -2.42. The monoisotopic (exact) mass is 233 g/mol. The summed E-state index contributed by atoms with van der Waals surface area (Å²) in [4.78, 5) is 0. The van der Waals surface area contributed by atoms with Gasteiger partial charge in [0.15, 0.2) is 9.84 Å². The van der Waals surface area contributed by atoms with Gasteiger partial charge in [0.1, 0.15) is 0 Å². The van der Waals surface area contributed by atoms with Gasteiger partial charge in [0.05, 0.1) is 4.75 Å². The molecule has 1 fully saturated rings. The molecule has 15 heavy (non-hydrogen) atoms. The molecule has 1 rings (SSSR count). The van der Waals surface area contributed by atoms with Crippen LogP contribution in [0.5, 0.6) is 0 Å². The van der Waals surface area contributed by atoms with E-state index in [1.807, 2.05) is 0 Å². The number of hydrogen-bond donors (Lipinski definition) is 1. The maximum absolute atomic E-state index is 11.5. The minimum atomic E-state index is -2.96. The number of nitrogens with one attached hydrogen (secondary N) is 1. The highest BCUT2D eigenvalue weighted by Crippen LogP contribution is 2.34. The van der Waals surface area contributed by atoms with Gasteiger partial charge in [0.2, 0.25) is 0 Å². The summed E-state index contributed by atoms with van der Waals surface area (Å²) in [6, 6.07) is 0.561. The summed E-state index contributed by atoms with van der Waals surface area (Å²) in [6.07, 6.45) is 5.01. The van der Waals surface area contributed by atoms with Crippen LogP contribution in [0.3, 0.4) is 0 Å². The Hall–Kier alpha value is -0.0900. The first-order valence-corrected chi connectivity index (χ1v) is 7.60. The molecular formula is C11H23NO2S. The minimum absolute atomic E-state index is 0.561. The molecule has 0 heterocycles. The minimum Gasteiger partial charge on any atom is -0.312 e. The number of hydrogen-bond acceptors (Lipinski definition) is 3. The summed E-state index contributed by atoms with van der Waals surface area (Å²) in [5.74, 6) is 0.783. The van der Waals surface area contributed by atoms with E-state index < -0.39 is 14.6 Å². The normalized spacial score (nSPS) is 26.7. The molecule has 1 aliphatic carbocycles. The Bertz CT molecular complexity index is 309. The highest BCUT2D eigenvalue weighted by atomic mass is 32.2. The van der Waals surface area contributed by atoms with Gasteiger partial charge in [-0.1, -0.05) is 13.3 Å². The Kier molecular flexibility index (Phi) is 3.82. The largest absolute Gasteiger partial charge is 0.312 e. The van der Waals surface area contributed by atoms with Gasteiger partial charge in [-0.3, -0.25) is 0 Å². The van der Waals surface area contributed by atoms with Crippen molar-refractivity contribution in [1.82, 2.24) is 5.32 Å². The van der Waals surface area contributed by atoms with Gasteiger partial charge in [0, 0.05) is 18.8 Å². The van der Waals surface area contributed by atoms with Crippen molar-refractivity contribution in [3.8, 4) is 0 Å². The van der Waals surface area contributed by atoms with Crippen LogP contribution < -0.4 is 5.32 Å². The molecule has 0 radical (unpaired) electrons. The van der Waals surface area contributed by atoms with Crippen molar-refractivity contribution in [3.05, 3.63) is 0 Å². The van der Waals surface area contributed by atoms with E-state index in [1.54, 1.807) is 13.8 Å². The Balaban J connectivity index is 2.33. The molecule has 2 atom stereocenters. The van der Waals surface area contributed by atoms with Crippen molar-refractivity contribution in [2.75, 3.05) is 12.8 Å². The summed E-state index contributed by atoms with van der Waals surface area (Å²) in [5, 5.41) is 3.36. The smallest absolute Gasteiger partial charge is 0.153 e. The van der Waals surface area contributed by atoms with Gasteiger partial charge in [0.25, 0.3) is 0 Å². The second-order valence-corrected chi connectivity index (χ2v) is 7.95. The van der Waals surface area contributed by atoms with Crippen LogP contribution in [-0.4, -0.2) is 32.0 Å². The zero-order chi connectivity index (χ0) is 11.7. The lowest BCUT2D eigenvalue weighted by Gasteiger charge is -2.22. The third-order valence-corrected chi connectivity index (χ3v) is 5.53. The third kappa shape index (κ3) is 3.45. The zero-order valence-corrected chi connectivity index (χ0v) is 11.0. The van der Waals surface area contributed by atoms with Crippen LogP contribution in [0, 0.1) is 5.92 Å².